The summed E-state index contributed by atoms with van der Waals surface area (Å²) in [5.74, 6) is 1.68. The van der Waals surface area contributed by atoms with E-state index in [2.05, 4.69) is 4.90 Å². The Hall–Kier alpha value is -1.55. The second kappa shape index (κ2) is 7.01. The molecule has 0 fully saturated rings. The summed E-state index contributed by atoms with van der Waals surface area (Å²) < 4.78 is 10.5. The predicted octanol–water partition coefficient (Wildman–Crippen LogP) is 2.11. The van der Waals surface area contributed by atoms with Crippen LogP contribution in [-0.2, 0) is 11.3 Å². The van der Waals surface area contributed by atoms with Crippen molar-refractivity contribution in [1.29, 1.82) is 0 Å². The van der Waals surface area contributed by atoms with Gasteiger partial charge in [0.05, 0.1) is 14.2 Å². The minimum atomic E-state index is 0.217. The van der Waals surface area contributed by atoms with Gasteiger partial charge in [-0.1, -0.05) is 6.07 Å². The predicted molar refractivity (Wildman–Crippen MR) is 71.2 cm³/mol. The number of hydrogen-bond acceptors (Lipinski definition) is 4. The monoisotopic (exact) mass is 251 g/mol. The normalized spacial score (nSPS) is 10.5. The van der Waals surface area contributed by atoms with Crippen molar-refractivity contribution in [3.63, 3.8) is 0 Å². The van der Waals surface area contributed by atoms with Gasteiger partial charge in [0.25, 0.3) is 0 Å². The molecule has 100 valence electrons. The fourth-order valence-electron chi connectivity index (χ4n) is 1.72. The van der Waals surface area contributed by atoms with Gasteiger partial charge in [-0.3, -0.25) is 4.79 Å². The molecule has 0 atom stereocenters. The lowest BCUT2D eigenvalue weighted by Gasteiger charge is -2.17. The number of hydrogen-bond donors (Lipinski definition) is 0. The summed E-state index contributed by atoms with van der Waals surface area (Å²) in [6.07, 6.45) is 0.587. The van der Waals surface area contributed by atoms with Gasteiger partial charge >= 0.3 is 0 Å². The summed E-state index contributed by atoms with van der Waals surface area (Å²) in [4.78, 5) is 13.0. The van der Waals surface area contributed by atoms with E-state index in [4.69, 9.17) is 9.47 Å². The number of nitrogens with zero attached hydrogens (tertiary/aromatic N) is 1. The van der Waals surface area contributed by atoms with Crippen LogP contribution in [0, 0.1) is 0 Å². The van der Waals surface area contributed by atoms with Crippen molar-refractivity contribution in [3.8, 4) is 11.5 Å². The molecule has 0 aliphatic rings. The number of carbonyl (C=O) groups excluding carboxylic acids is 1. The maximum Gasteiger partial charge on any atom is 0.161 e. The molecule has 0 aromatic heterocycles. The van der Waals surface area contributed by atoms with Gasteiger partial charge in [-0.15, -0.1) is 0 Å². The van der Waals surface area contributed by atoms with E-state index in [1.165, 1.54) is 0 Å². The van der Waals surface area contributed by atoms with Crippen LogP contribution in [0.1, 0.15) is 18.9 Å². The van der Waals surface area contributed by atoms with Crippen LogP contribution in [0.5, 0.6) is 11.5 Å². The van der Waals surface area contributed by atoms with Crippen molar-refractivity contribution >= 4 is 5.78 Å². The zero-order valence-electron chi connectivity index (χ0n) is 11.5. The number of Topliss-reactive ketones (excluding diaryl/α,β-unsaturated/α-hetero) is 1. The quantitative estimate of drug-likeness (QED) is 0.744. The second-order valence-electron chi connectivity index (χ2n) is 4.38. The molecule has 0 spiro atoms. The lowest BCUT2D eigenvalue weighted by molar-refractivity contribution is -0.117. The van der Waals surface area contributed by atoms with Crippen LogP contribution in [0.25, 0.3) is 0 Å². The highest BCUT2D eigenvalue weighted by Gasteiger charge is 2.07. The van der Waals surface area contributed by atoms with E-state index in [1.54, 1.807) is 21.1 Å². The smallest absolute Gasteiger partial charge is 0.161 e. The molecule has 0 heterocycles. The van der Waals surface area contributed by atoms with Crippen molar-refractivity contribution in [2.45, 2.75) is 19.9 Å². The lowest BCUT2D eigenvalue weighted by atomic mass is 10.2. The van der Waals surface area contributed by atoms with Gasteiger partial charge < -0.3 is 14.4 Å². The van der Waals surface area contributed by atoms with E-state index < -0.39 is 0 Å². The van der Waals surface area contributed by atoms with E-state index in [0.29, 0.717) is 6.42 Å². The van der Waals surface area contributed by atoms with Crippen molar-refractivity contribution in [2.75, 3.05) is 27.8 Å². The number of methoxy groups -OCH3 is 2. The topological polar surface area (TPSA) is 38.8 Å². The molecule has 18 heavy (non-hydrogen) atoms. The molecule has 0 N–H and O–H groups in total. The first-order chi connectivity index (χ1) is 8.56. The summed E-state index contributed by atoms with van der Waals surface area (Å²) >= 11 is 0. The van der Waals surface area contributed by atoms with E-state index in [0.717, 1.165) is 30.2 Å². The Morgan fingerprint density at radius 2 is 1.89 bits per heavy atom. The fraction of sp³-hybridized carbons (Fsp3) is 0.500. The number of rotatable bonds is 7. The number of ether oxygens (including phenoxy) is 2. The Kier molecular flexibility index (Phi) is 5.65. The number of benzene rings is 1. The van der Waals surface area contributed by atoms with Crippen molar-refractivity contribution in [1.82, 2.24) is 4.90 Å². The zero-order chi connectivity index (χ0) is 13.5. The van der Waals surface area contributed by atoms with Crippen LogP contribution in [0.3, 0.4) is 0 Å². The van der Waals surface area contributed by atoms with Gasteiger partial charge in [0, 0.05) is 19.5 Å². The summed E-state index contributed by atoms with van der Waals surface area (Å²) in [6, 6.07) is 5.86. The summed E-state index contributed by atoms with van der Waals surface area (Å²) in [7, 11) is 5.25. The average molecular weight is 251 g/mol. The molecule has 0 aliphatic heterocycles. The molecule has 0 unspecified atom stereocenters. The highest BCUT2D eigenvalue weighted by atomic mass is 16.5. The Morgan fingerprint density at radius 3 is 2.44 bits per heavy atom. The van der Waals surface area contributed by atoms with Crippen LogP contribution in [0.15, 0.2) is 18.2 Å². The SMILES string of the molecule is COc1ccc(CN(C)CCC(C)=O)cc1OC. The minimum Gasteiger partial charge on any atom is -0.493 e. The first-order valence-electron chi connectivity index (χ1n) is 5.95. The van der Waals surface area contributed by atoms with Crippen molar-refractivity contribution in [3.05, 3.63) is 23.8 Å². The molecule has 0 saturated heterocycles. The lowest BCUT2D eigenvalue weighted by Crippen LogP contribution is -2.20. The van der Waals surface area contributed by atoms with E-state index >= 15 is 0 Å². The zero-order valence-corrected chi connectivity index (χ0v) is 11.5. The van der Waals surface area contributed by atoms with Gasteiger partial charge in [0.2, 0.25) is 0 Å². The molecule has 0 aliphatic carbocycles. The summed E-state index contributed by atoms with van der Waals surface area (Å²) in [6.45, 7) is 3.17. The Morgan fingerprint density at radius 1 is 1.22 bits per heavy atom. The van der Waals surface area contributed by atoms with Crippen LogP contribution in [0.4, 0.5) is 0 Å². The van der Waals surface area contributed by atoms with Crippen LogP contribution in [-0.4, -0.2) is 38.5 Å². The molecular weight excluding hydrogens is 230 g/mol. The van der Waals surface area contributed by atoms with E-state index in [9.17, 15) is 4.79 Å². The fourth-order valence-corrected chi connectivity index (χ4v) is 1.72. The third kappa shape index (κ3) is 4.37. The Labute approximate surface area is 108 Å². The summed E-state index contributed by atoms with van der Waals surface area (Å²) in [5, 5.41) is 0. The molecule has 1 rings (SSSR count). The van der Waals surface area contributed by atoms with E-state index in [-0.39, 0.29) is 5.78 Å². The average Bonchev–Trinajstić information content (AvgIpc) is 2.36. The van der Waals surface area contributed by atoms with Gasteiger partial charge in [-0.2, -0.15) is 0 Å². The van der Waals surface area contributed by atoms with Crippen LogP contribution < -0.4 is 9.47 Å². The molecule has 0 radical (unpaired) electrons. The summed E-state index contributed by atoms with van der Waals surface area (Å²) in [5.41, 5.74) is 1.14. The number of carbonyl (C=O) groups is 1. The van der Waals surface area contributed by atoms with Crippen molar-refractivity contribution in [2.24, 2.45) is 0 Å². The van der Waals surface area contributed by atoms with E-state index in [1.807, 2.05) is 25.2 Å². The maximum absolute atomic E-state index is 10.9. The molecule has 1 aromatic rings. The van der Waals surface area contributed by atoms with Gasteiger partial charge in [0.15, 0.2) is 11.5 Å². The Bertz CT molecular complexity index is 404. The second-order valence-corrected chi connectivity index (χ2v) is 4.38. The van der Waals surface area contributed by atoms with Crippen molar-refractivity contribution < 1.29 is 14.3 Å². The maximum atomic E-state index is 10.9. The third-order valence-corrected chi connectivity index (χ3v) is 2.75. The molecule has 0 amide bonds. The van der Waals surface area contributed by atoms with Crippen LogP contribution >= 0.6 is 0 Å². The highest BCUT2D eigenvalue weighted by Crippen LogP contribution is 2.27. The first-order valence-corrected chi connectivity index (χ1v) is 5.95. The molecular formula is C14H21NO3. The van der Waals surface area contributed by atoms with Gasteiger partial charge in [-0.05, 0) is 31.7 Å². The van der Waals surface area contributed by atoms with Gasteiger partial charge in [-0.25, -0.2) is 0 Å². The molecule has 1 aromatic carbocycles. The Balaban J connectivity index is 2.64. The third-order valence-electron chi connectivity index (χ3n) is 2.75. The van der Waals surface area contributed by atoms with Crippen LogP contribution in [0.2, 0.25) is 0 Å². The van der Waals surface area contributed by atoms with Gasteiger partial charge in [0.1, 0.15) is 5.78 Å². The molecule has 4 nitrogen and oxygen atoms in total. The molecule has 4 heteroatoms. The molecule has 0 saturated carbocycles. The minimum absolute atomic E-state index is 0.217. The highest BCUT2D eigenvalue weighted by molar-refractivity contribution is 5.75. The standard InChI is InChI=1S/C14H21NO3/c1-11(16)7-8-15(2)10-12-5-6-13(17-3)14(9-12)18-4/h5-6,9H,7-8,10H2,1-4H3. The largest absolute Gasteiger partial charge is 0.493 e. The first kappa shape index (κ1) is 14.5. The number of ketones is 1. The molecule has 0 bridgehead atoms.